The highest BCUT2D eigenvalue weighted by Gasteiger charge is 2.12. The lowest BCUT2D eigenvalue weighted by Crippen LogP contribution is -2.43. The molecule has 1 aromatic carbocycles. The first kappa shape index (κ1) is 15.4. The molecular formula is C16H18Cl2N4. The van der Waals surface area contributed by atoms with Crippen molar-refractivity contribution in [2.24, 2.45) is 0 Å². The van der Waals surface area contributed by atoms with Gasteiger partial charge >= 0.3 is 0 Å². The topological polar surface area (TPSA) is 40.2 Å². The summed E-state index contributed by atoms with van der Waals surface area (Å²) in [5.74, 6) is 1.79. The van der Waals surface area contributed by atoms with Crippen molar-refractivity contribution in [2.45, 2.75) is 6.92 Å². The van der Waals surface area contributed by atoms with Gasteiger partial charge in [-0.25, -0.2) is 4.98 Å². The number of halogens is 2. The highest BCUT2D eigenvalue weighted by molar-refractivity contribution is 6.42. The Hall–Kier alpha value is -1.49. The van der Waals surface area contributed by atoms with Crippen LogP contribution in [0, 0.1) is 6.92 Å². The molecule has 3 rings (SSSR count). The summed E-state index contributed by atoms with van der Waals surface area (Å²) in [5.41, 5.74) is 1.95. The highest BCUT2D eigenvalue weighted by atomic mass is 35.5. The Morgan fingerprint density at radius 3 is 2.64 bits per heavy atom. The Kier molecular flexibility index (Phi) is 4.71. The average molecular weight is 337 g/mol. The van der Waals surface area contributed by atoms with Gasteiger partial charge < -0.3 is 15.5 Å². The molecule has 0 radical (unpaired) electrons. The first-order valence-electron chi connectivity index (χ1n) is 7.29. The zero-order valence-corrected chi connectivity index (χ0v) is 13.9. The van der Waals surface area contributed by atoms with Crippen molar-refractivity contribution in [1.29, 1.82) is 0 Å². The molecule has 2 N–H and O–H groups in total. The van der Waals surface area contributed by atoms with Gasteiger partial charge in [0.1, 0.15) is 11.6 Å². The van der Waals surface area contributed by atoms with Gasteiger partial charge in [-0.1, -0.05) is 29.3 Å². The average Bonchev–Trinajstić information content (AvgIpc) is 2.54. The van der Waals surface area contributed by atoms with E-state index < -0.39 is 0 Å². The number of hydrogen-bond donors (Lipinski definition) is 2. The lowest BCUT2D eigenvalue weighted by atomic mass is 10.2. The molecule has 0 unspecified atom stereocenters. The molecular weight excluding hydrogens is 319 g/mol. The van der Waals surface area contributed by atoms with Gasteiger partial charge in [-0.15, -0.1) is 0 Å². The second-order valence-corrected chi connectivity index (χ2v) is 6.14. The number of aryl methyl sites for hydroxylation is 1. The van der Waals surface area contributed by atoms with Crippen molar-refractivity contribution in [1.82, 2.24) is 10.3 Å². The van der Waals surface area contributed by atoms with Crippen molar-refractivity contribution in [2.75, 3.05) is 36.4 Å². The Labute approximate surface area is 140 Å². The Balaban J connectivity index is 1.82. The third-order valence-electron chi connectivity index (χ3n) is 3.71. The molecule has 22 heavy (non-hydrogen) atoms. The van der Waals surface area contributed by atoms with E-state index in [0.717, 1.165) is 49.1 Å². The molecule has 6 heteroatoms. The molecule has 4 nitrogen and oxygen atoms in total. The van der Waals surface area contributed by atoms with E-state index in [1.54, 1.807) is 0 Å². The van der Waals surface area contributed by atoms with Crippen LogP contribution in [0.25, 0.3) is 0 Å². The highest BCUT2D eigenvalue weighted by Crippen LogP contribution is 2.30. The van der Waals surface area contributed by atoms with Crippen LogP contribution in [0.5, 0.6) is 0 Å². The summed E-state index contributed by atoms with van der Waals surface area (Å²) in [4.78, 5) is 6.98. The molecule has 0 saturated carbocycles. The molecule has 2 aromatic rings. The Morgan fingerprint density at radius 2 is 1.86 bits per heavy atom. The standard InChI is InChI=1S/C16H18Cl2N4/c1-11-9-12(17)13(18)10-14(11)20-15-3-2-4-16(21-15)22-7-5-19-6-8-22/h2-4,9-10,19H,5-8H2,1H3,(H,20,21). The molecule has 0 amide bonds. The summed E-state index contributed by atoms with van der Waals surface area (Å²) in [6, 6.07) is 9.69. The van der Waals surface area contributed by atoms with E-state index in [4.69, 9.17) is 28.2 Å². The minimum absolute atomic E-state index is 0.535. The molecule has 0 spiro atoms. The molecule has 1 fully saturated rings. The van der Waals surface area contributed by atoms with Crippen LogP contribution in [-0.4, -0.2) is 31.2 Å². The fraction of sp³-hybridized carbons (Fsp3) is 0.312. The van der Waals surface area contributed by atoms with Gasteiger partial charge in [-0.2, -0.15) is 0 Å². The van der Waals surface area contributed by atoms with E-state index in [1.165, 1.54) is 0 Å². The number of benzene rings is 1. The number of aromatic nitrogens is 1. The van der Waals surface area contributed by atoms with E-state index >= 15 is 0 Å². The third-order valence-corrected chi connectivity index (χ3v) is 4.43. The number of anilines is 3. The molecule has 0 aliphatic carbocycles. The number of nitrogens with one attached hydrogen (secondary N) is 2. The van der Waals surface area contributed by atoms with Gasteiger partial charge in [0, 0.05) is 31.9 Å². The van der Waals surface area contributed by atoms with E-state index in [1.807, 2.05) is 37.3 Å². The summed E-state index contributed by atoms with van der Waals surface area (Å²) in [5, 5.41) is 7.77. The van der Waals surface area contributed by atoms with Crippen molar-refractivity contribution >= 4 is 40.5 Å². The lowest BCUT2D eigenvalue weighted by Gasteiger charge is -2.28. The summed E-state index contributed by atoms with van der Waals surface area (Å²) in [6.07, 6.45) is 0. The maximum atomic E-state index is 6.10. The fourth-order valence-corrected chi connectivity index (χ4v) is 2.86. The second kappa shape index (κ2) is 6.73. The number of nitrogens with zero attached hydrogens (tertiary/aromatic N) is 2. The summed E-state index contributed by atoms with van der Waals surface area (Å²) in [7, 11) is 0. The SMILES string of the molecule is Cc1cc(Cl)c(Cl)cc1Nc1cccc(N2CCNCC2)n1. The molecule has 2 heterocycles. The van der Waals surface area contributed by atoms with Crippen molar-refractivity contribution < 1.29 is 0 Å². The number of rotatable bonds is 3. The maximum Gasteiger partial charge on any atom is 0.132 e. The number of hydrogen-bond acceptors (Lipinski definition) is 4. The fourth-order valence-electron chi connectivity index (χ4n) is 2.48. The van der Waals surface area contributed by atoms with Crippen LogP contribution in [-0.2, 0) is 0 Å². The van der Waals surface area contributed by atoms with Crippen LogP contribution >= 0.6 is 23.2 Å². The minimum atomic E-state index is 0.535. The van der Waals surface area contributed by atoms with Crippen molar-refractivity contribution in [3.63, 3.8) is 0 Å². The first-order chi connectivity index (χ1) is 10.6. The van der Waals surface area contributed by atoms with Crippen LogP contribution < -0.4 is 15.5 Å². The minimum Gasteiger partial charge on any atom is -0.354 e. The van der Waals surface area contributed by atoms with Crippen molar-refractivity contribution in [3.05, 3.63) is 45.9 Å². The van der Waals surface area contributed by atoms with E-state index in [9.17, 15) is 0 Å². The summed E-state index contributed by atoms with van der Waals surface area (Å²) < 4.78 is 0. The van der Waals surface area contributed by atoms with Gasteiger partial charge in [-0.3, -0.25) is 0 Å². The predicted molar refractivity (Wildman–Crippen MR) is 93.8 cm³/mol. The molecule has 0 atom stereocenters. The van der Waals surface area contributed by atoms with Crippen LogP contribution in [0.3, 0.4) is 0 Å². The first-order valence-corrected chi connectivity index (χ1v) is 8.04. The van der Waals surface area contributed by atoms with Gasteiger partial charge in [0.15, 0.2) is 0 Å². The smallest absolute Gasteiger partial charge is 0.132 e. The van der Waals surface area contributed by atoms with Gasteiger partial charge in [0.05, 0.1) is 10.0 Å². The molecule has 1 aromatic heterocycles. The Bertz CT molecular complexity index is 669. The zero-order chi connectivity index (χ0) is 15.5. The number of pyridine rings is 1. The van der Waals surface area contributed by atoms with Gasteiger partial charge in [0.25, 0.3) is 0 Å². The normalized spacial score (nSPS) is 15.0. The monoisotopic (exact) mass is 336 g/mol. The summed E-state index contributed by atoms with van der Waals surface area (Å²) in [6.45, 7) is 5.92. The van der Waals surface area contributed by atoms with Crippen LogP contribution in [0.15, 0.2) is 30.3 Å². The molecule has 1 aliphatic rings. The molecule has 116 valence electrons. The van der Waals surface area contributed by atoms with Crippen LogP contribution in [0.2, 0.25) is 10.0 Å². The van der Waals surface area contributed by atoms with Gasteiger partial charge in [0.2, 0.25) is 0 Å². The van der Waals surface area contributed by atoms with Gasteiger partial charge in [-0.05, 0) is 36.8 Å². The summed E-state index contributed by atoms with van der Waals surface area (Å²) >= 11 is 12.1. The molecule has 1 aliphatic heterocycles. The largest absolute Gasteiger partial charge is 0.354 e. The van der Waals surface area contributed by atoms with Crippen LogP contribution in [0.4, 0.5) is 17.3 Å². The zero-order valence-electron chi connectivity index (χ0n) is 12.4. The molecule has 1 saturated heterocycles. The molecule has 0 bridgehead atoms. The van der Waals surface area contributed by atoms with E-state index in [-0.39, 0.29) is 0 Å². The predicted octanol–water partition coefficient (Wildman–Crippen LogP) is 3.85. The number of piperazine rings is 1. The lowest BCUT2D eigenvalue weighted by molar-refractivity contribution is 0.585. The van der Waals surface area contributed by atoms with E-state index in [0.29, 0.717) is 10.0 Å². The van der Waals surface area contributed by atoms with Crippen molar-refractivity contribution in [3.8, 4) is 0 Å². The third kappa shape index (κ3) is 3.46. The quantitative estimate of drug-likeness (QED) is 0.893. The Morgan fingerprint density at radius 1 is 1.14 bits per heavy atom. The maximum absolute atomic E-state index is 6.10. The van der Waals surface area contributed by atoms with E-state index in [2.05, 4.69) is 15.5 Å². The van der Waals surface area contributed by atoms with Crippen LogP contribution in [0.1, 0.15) is 5.56 Å². The second-order valence-electron chi connectivity index (χ2n) is 5.32.